The van der Waals surface area contributed by atoms with E-state index in [1.807, 2.05) is 57.0 Å². The van der Waals surface area contributed by atoms with Crippen LogP contribution in [0.2, 0.25) is 0 Å². The van der Waals surface area contributed by atoms with Gasteiger partial charge >= 0.3 is 6.09 Å². The minimum Gasteiger partial charge on any atom is -0.444 e. The highest BCUT2D eigenvalue weighted by Crippen LogP contribution is 2.54. The minimum atomic E-state index is -1.00. The van der Waals surface area contributed by atoms with Crippen LogP contribution in [0.25, 0.3) is 43.6 Å². The van der Waals surface area contributed by atoms with E-state index in [-0.39, 0.29) is 11.9 Å². The number of benzene rings is 3. The van der Waals surface area contributed by atoms with Crippen molar-refractivity contribution in [2.75, 3.05) is 21.2 Å². The van der Waals surface area contributed by atoms with Crippen molar-refractivity contribution < 1.29 is 23.8 Å². The molecule has 3 aliphatic rings. The Morgan fingerprint density at radius 1 is 1.02 bits per heavy atom. The van der Waals surface area contributed by atoms with Crippen molar-refractivity contribution in [2.24, 2.45) is 0 Å². The number of ether oxygens (including phenoxy) is 3. The molecule has 43 heavy (non-hydrogen) atoms. The Balaban J connectivity index is 1.53. The van der Waals surface area contributed by atoms with E-state index in [0.29, 0.717) is 13.0 Å². The lowest BCUT2D eigenvalue weighted by Crippen LogP contribution is -2.61. The van der Waals surface area contributed by atoms with E-state index in [0.717, 1.165) is 54.7 Å². The molecule has 8 rings (SSSR count). The number of nitrogens with zero attached hydrogens (tertiary/aromatic N) is 4. The van der Waals surface area contributed by atoms with Gasteiger partial charge in [0.2, 0.25) is 0 Å². The SMILES string of the molecule is CO[C@@H]1[C@H](N(C)C(=O)OC(C)(C)C)C[C@H]2O[C@]1(C)n1c3ccccc3c3c4c(c5c6ccccc6n2c5c31)C(=O)N(C)C4. The van der Waals surface area contributed by atoms with Crippen molar-refractivity contribution in [1.82, 2.24) is 18.9 Å². The largest absolute Gasteiger partial charge is 0.444 e. The summed E-state index contributed by atoms with van der Waals surface area (Å²) in [5, 5.41) is 4.12. The quantitative estimate of drug-likeness (QED) is 0.243. The third-order valence-electron chi connectivity index (χ3n) is 9.68. The molecular weight excluding hydrogens is 544 g/mol. The summed E-state index contributed by atoms with van der Waals surface area (Å²) in [5.74, 6) is 0.0355. The molecule has 2 amide bonds. The third-order valence-corrected chi connectivity index (χ3v) is 9.68. The summed E-state index contributed by atoms with van der Waals surface area (Å²) in [6, 6.07) is 16.2. The van der Waals surface area contributed by atoms with Crippen molar-refractivity contribution in [3.05, 3.63) is 59.7 Å². The van der Waals surface area contributed by atoms with E-state index < -0.39 is 29.8 Å². The highest BCUT2D eigenvalue weighted by Gasteiger charge is 2.55. The van der Waals surface area contributed by atoms with Gasteiger partial charge in [-0.2, -0.15) is 0 Å². The van der Waals surface area contributed by atoms with Crippen LogP contribution in [0.1, 0.15) is 56.3 Å². The predicted molar refractivity (Wildman–Crippen MR) is 165 cm³/mol. The maximum atomic E-state index is 13.9. The third kappa shape index (κ3) is 3.29. The number of para-hydroxylation sites is 2. The predicted octanol–water partition coefficient (Wildman–Crippen LogP) is 6.34. The van der Waals surface area contributed by atoms with Gasteiger partial charge in [-0.25, -0.2) is 4.79 Å². The summed E-state index contributed by atoms with van der Waals surface area (Å²) < 4.78 is 23.9. The van der Waals surface area contributed by atoms with Crippen LogP contribution in [0.3, 0.4) is 0 Å². The van der Waals surface area contributed by atoms with E-state index in [2.05, 4.69) is 40.3 Å². The maximum absolute atomic E-state index is 13.9. The van der Waals surface area contributed by atoms with Crippen LogP contribution in [-0.2, 0) is 26.5 Å². The van der Waals surface area contributed by atoms with Crippen LogP contribution in [-0.4, -0.2) is 69.9 Å². The zero-order chi connectivity index (χ0) is 30.2. The van der Waals surface area contributed by atoms with Gasteiger partial charge in [0.15, 0.2) is 5.72 Å². The van der Waals surface area contributed by atoms with Crippen LogP contribution in [0, 0.1) is 0 Å². The first kappa shape index (κ1) is 26.5. The summed E-state index contributed by atoms with van der Waals surface area (Å²) >= 11 is 0. The number of aromatic nitrogens is 2. The number of hydrogen-bond donors (Lipinski definition) is 0. The molecule has 3 aliphatic heterocycles. The molecule has 0 saturated carbocycles. The molecule has 0 spiro atoms. The molecule has 9 heteroatoms. The number of methoxy groups -OCH3 is 1. The number of likely N-dealkylation sites (N-methyl/N-ethyl adjacent to an activating group) is 1. The van der Waals surface area contributed by atoms with Gasteiger partial charge in [0.05, 0.1) is 33.7 Å². The maximum Gasteiger partial charge on any atom is 0.410 e. The van der Waals surface area contributed by atoms with Gasteiger partial charge in [0.1, 0.15) is 17.9 Å². The average molecular weight is 581 g/mol. The number of carbonyl (C=O) groups is 2. The molecular formula is C34H36N4O5. The highest BCUT2D eigenvalue weighted by atomic mass is 16.6. The van der Waals surface area contributed by atoms with E-state index in [9.17, 15) is 9.59 Å². The summed E-state index contributed by atoms with van der Waals surface area (Å²) in [6.07, 6.45) is -0.893. The van der Waals surface area contributed by atoms with E-state index in [1.54, 1.807) is 19.1 Å². The summed E-state index contributed by atoms with van der Waals surface area (Å²) in [5.41, 5.74) is 4.18. The minimum absolute atomic E-state index is 0.0355. The molecule has 222 valence electrons. The number of fused-ring (bicyclic) bond motifs is 13. The normalized spacial score (nSPS) is 24.9. The van der Waals surface area contributed by atoms with Crippen molar-refractivity contribution in [2.45, 2.75) is 70.4 Å². The van der Waals surface area contributed by atoms with Gasteiger partial charge in [-0.15, -0.1) is 0 Å². The Morgan fingerprint density at radius 3 is 2.35 bits per heavy atom. The molecule has 1 fully saturated rings. The van der Waals surface area contributed by atoms with Crippen molar-refractivity contribution in [3.8, 4) is 0 Å². The fourth-order valence-corrected chi connectivity index (χ4v) is 8.07. The summed E-state index contributed by atoms with van der Waals surface area (Å²) in [4.78, 5) is 30.9. The fraction of sp³-hybridized carbons (Fsp3) is 0.412. The lowest BCUT2D eigenvalue weighted by Gasteiger charge is -2.50. The fourth-order valence-electron chi connectivity index (χ4n) is 8.07. The number of amides is 2. The highest BCUT2D eigenvalue weighted by molar-refractivity contribution is 6.30. The molecule has 0 aliphatic carbocycles. The summed E-state index contributed by atoms with van der Waals surface area (Å²) in [6.45, 7) is 8.22. The Bertz CT molecular complexity index is 2030. The van der Waals surface area contributed by atoms with E-state index in [4.69, 9.17) is 14.2 Å². The van der Waals surface area contributed by atoms with Crippen LogP contribution in [0.5, 0.6) is 0 Å². The van der Waals surface area contributed by atoms with Crippen molar-refractivity contribution >= 4 is 55.6 Å². The first-order chi connectivity index (χ1) is 20.5. The van der Waals surface area contributed by atoms with Crippen molar-refractivity contribution in [3.63, 3.8) is 0 Å². The lowest BCUT2D eigenvalue weighted by atomic mass is 9.92. The first-order valence-corrected chi connectivity index (χ1v) is 14.9. The molecule has 4 atom stereocenters. The monoisotopic (exact) mass is 580 g/mol. The zero-order valence-corrected chi connectivity index (χ0v) is 25.6. The molecule has 5 aromatic rings. The van der Waals surface area contributed by atoms with Gasteiger partial charge < -0.3 is 33.1 Å². The molecule has 2 aromatic heterocycles. The molecule has 5 heterocycles. The molecule has 3 aromatic carbocycles. The smallest absolute Gasteiger partial charge is 0.410 e. The second-order valence-electron chi connectivity index (χ2n) is 13.4. The second kappa shape index (κ2) is 8.51. The van der Waals surface area contributed by atoms with Gasteiger partial charge in [0.25, 0.3) is 5.91 Å². The van der Waals surface area contributed by atoms with Gasteiger partial charge in [0, 0.05) is 55.7 Å². The zero-order valence-electron chi connectivity index (χ0n) is 25.6. The van der Waals surface area contributed by atoms with Crippen LogP contribution in [0.15, 0.2) is 48.5 Å². The van der Waals surface area contributed by atoms with Gasteiger partial charge in [-0.3, -0.25) is 4.79 Å². The van der Waals surface area contributed by atoms with Crippen LogP contribution in [0.4, 0.5) is 4.79 Å². The van der Waals surface area contributed by atoms with Gasteiger partial charge in [-0.05, 0) is 45.4 Å². The second-order valence-corrected chi connectivity index (χ2v) is 13.4. The van der Waals surface area contributed by atoms with E-state index in [1.165, 1.54) is 0 Å². The number of carbonyl (C=O) groups excluding carboxylic acids is 2. The molecule has 9 nitrogen and oxygen atoms in total. The van der Waals surface area contributed by atoms with Crippen LogP contribution >= 0.6 is 0 Å². The Labute approximate surface area is 249 Å². The number of hydrogen-bond acceptors (Lipinski definition) is 5. The van der Waals surface area contributed by atoms with Crippen LogP contribution < -0.4 is 0 Å². The molecule has 1 saturated heterocycles. The standard InChI is InChI=1S/C34H36N4O5/c1-33(2,3)43-32(40)36(6)23-16-24-37-21-14-10-8-12-18(21)26-27-20(17-35(5)31(27)39)25-19-13-9-11-15-22(19)38(29(25)28(26)37)34(4,42-24)30(23)41-7/h8-15,23-24,30H,16-17H2,1-7H3/t23-,24-,30-,34+/m1/s1. The Kier molecular flexibility index (Phi) is 5.25. The first-order valence-electron chi connectivity index (χ1n) is 14.9. The van der Waals surface area contributed by atoms with Crippen molar-refractivity contribution in [1.29, 1.82) is 0 Å². The Hall–Kier alpha value is -4.08. The Morgan fingerprint density at radius 2 is 1.67 bits per heavy atom. The average Bonchev–Trinajstić information content (AvgIpc) is 3.56. The summed E-state index contributed by atoms with van der Waals surface area (Å²) in [7, 11) is 5.35. The lowest BCUT2D eigenvalue weighted by molar-refractivity contribution is -0.265. The molecule has 0 radical (unpaired) electrons. The van der Waals surface area contributed by atoms with E-state index >= 15 is 0 Å². The topological polar surface area (TPSA) is 78.2 Å². The number of rotatable bonds is 2. The molecule has 0 unspecified atom stereocenters. The molecule has 2 bridgehead atoms. The van der Waals surface area contributed by atoms with Gasteiger partial charge in [-0.1, -0.05) is 36.4 Å². The molecule has 0 N–H and O–H groups in total.